The average Bonchev–Trinajstić information content (AvgIpc) is 2.94. The molecule has 0 radical (unpaired) electrons. The van der Waals surface area contributed by atoms with Crippen LogP contribution in [-0.4, -0.2) is 77.7 Å². The molecule has 11 nitrogen and oxygen atoms in total. The van der Waals surface area contributed by atoms with Crippen LogP contribution in [0.25, 0.3) is 10.8 Å². The third-order valence-electron chi connectivity index (χ3n) is 9.08. The van der Waals surface area contributed by atoms with Crippen LogP contribution >= 0.6 is 0 Å². The van der Waals surface area contributed by atoms with Gasteiger partial charge in [-0.2, -0.15) is 0 Å². The van der Waals surface area contributed by atoms with Crippen LogP contribution in [0.1, 0.15) is 88.6 Å². The van der Waals surface area contributed by atoms with E-state index in [0.29, 0.717) is 10.8 Å². The summed E-state index contributed by atoms with van der Waals surface area (Å²) in [6.45, 7) is 14.3. The maximum Gasteiger partial charge on any atom is 0.236 e. The molecule has 3 rings (SSSR count). The predicted molar refractivity (Wildman–Crippen MR) is 176 cm³/mol. The van der Waals surface area contributed by atoms with Gasteiger partial charge in [-0.05, 0) is 5.39 Å². The summed E-state index contributed by atoms with van der Waals surface area (Å²) in [5.74, 6) is -9.24. The lowest BCUT2D eigenvalue weighted by Gasteiger charge is -2.67. The second kappa shape index (κ2) is 11.0. The SMILES string of the molecule is CC(C)(C)C(=O)[C@]1(O)[C@@](O)(C(=O)C(C)(C)C)[C@@](O)(C(=O)C(C)(C)C)C(O)(c2ccc3ccccc3c2N)O[C@@]1(CO)C(=O)C(C)(C)C. The molecule has 1 aliphatic heterocycles. The molecule has 1 saturated heterocycles. The number of hydrogen-bond donors (Lipinski definition) is 6. The van der Waals surface area contributed by atoms with Gasteiger partial charge in [-0.25, -0.2) is 0 Å². The molecule has 2 aromatic rings. The fraction of sp³-hybridized carbons (Fsp3) is 0.611. The molecule has 0 spiro atoms. The number of Topliss-reactive ketones (excluding diaryl/α,β-unsaturated/α-hetero) is 4. The zero-order valence-electron chi connectivity index (χ0n) is 29.5. The number of nitrogens with two attached hydrogens (primary N) is 1. The summed E-state index contributed by atoms with van der Waals surface area (Å²) in [5, 5.41) is 64.5. The number of aliphatic hydroxyl groups excluding tert-OH is 1. The first-order valence-electron chi connectivity index (χ1n) is 15.6. The number of ether oxygens (including phenoxy) is 1. The zero-order chi connectivity index (χ0) is 36.8. The highest BCUT2D eigenvalue weighted by molar-refractivity contribution is 6.14. The Balaban J connectivity index is 2.87. The van der Waals surface area contributed by atoms with Gasteiger partial charge in [-0.1, -0.05) is 119 Å². The lowest BCUT2D eigenvalue weighted by molar-refractivity contribution is -0.437. The molecule has 0 aliphatic carbocycles. The lowest BCUT2D eigenvalue weighted by Crippen LogP contribution is -2.95. The van der Waals surface area contributed by atoms with Crippen molar-refractivity contribution < 1.29 is 49.4 Å². The van der Waals surface area contributed by atoms with Gasteiger partial charge in [0.2, 0.25) is 22.6 Å². The molecule has 1 heterocycles. The standard InChI is InChI=1S/C36H51NO10/c1-28(2,3)24(39)32(19-38)33(43,25(40)29(4,5)6)34(44,26(41)30(7,8)9)35(45,27(42)31(10,11)12)36(46,47-32)22-18-17-20-15-13-14-16-21(20)23(22)37/h13-18,38,43-46H,19,37H2,1-12H3/t32-,33+,34-,35-,36?/m0/s1. The Kier molecular flexibility index (Phi) is 8.97. The van der Waals surface area contributed by atoms with Gasteiger partial charge in [0.05, 0.1) is 6.61 Å². The number of fused-ring (bicyclic) bond motifs is 1. The monoisotopic (exact) mass is 657 g/mol. The number of nitrogen functional groups attached to an aromatic ring is 1. The van der Waals surface area contributed by atoms with Gasteiger partial charge in [0.25, 0.3) is 0 Å². The molecule has 0 bridgehead atoms. The van der Waals surface area contributed by atoms with E-state index < -0.39 is 85.2 Å². The molecule has 7 N–H and O–H groups in total. The maximum absolute atomic E-state index is 14.9. The van der Waals surface area contributed by atoms with E-state index in [1.807, 2.05) is 0 Å². The molecule has 2 aromatic carbocycles. The number of benzene rings is 2. The topological polar surface area (TPSA) is 205 Å². The van der Waals surface area contributed by atoms with E-state index >= 15 is 0 Å². The predicted octanol–water partition coefficient (Wildman–Crippen LogP) is 2.98. The number of aliphatic hydroxyl groups is 5. The van der Waals surface area contributed by atoms with Crippen LogP contribution in [0, 0.1) is 21.7 Å². The Bertz CT molecular complexity index is 1640. The molecule has 0 aromatic heterocycles. The van der Waals surface area contributed by atoms with Crippen LogP contribution in [0.15, 0.2) is 36.4 Å². The molecule has 0 amide bonds. The second-order valence-corrected chi connectivity index (χ2v) is 16.9. The van der Waals surface area contributed by atoms with Gasteiger partial charge >= 0.3 is 0 Å². The maximum atomic E-state index is 14.9. The Morgan fingerprint density at radius 3 is 1.45 bits per heavy atom. The van der Waals surface area contributed by atoms with E-state index in [2.05, 4.69) is 0 Å². The first-order chi connectivity index (χ1) is 20.9. The highest BCUT2D eigenvalue weighted by atomic mass is 16.7. The van der Waals surface area contributed by atoms with E-state index in [0.717, 1.165) is 0 Å². The third kappa shape index (κ3) is 5.00. The van der Waals surface area contributed by atoms with E-state index in [1.54, 1.807) is 24.3 Å². The van der Waals surface area contributed by atoms with Crippen LogP contribution < -0.4 is 5.73 Å². The van der Waals surface area contributed by atoms with Gasteiger partial charge in [0, 0.05) is 38.3 Å². The number of ketones is 4. The van der Waals surface area contributed by atoms with E-state index in [9.17, 15) is 44.7 Å². The zero-order valence-corrected chi connectivity index (χ0v) is 29.5. The van der Waals surface area contributed by atoms with Crippen LogP contribution in [0.4, 0.5) is 5.69 Å². The van der Waals surface area contributed by atoms with E-state index in [1.165, 1.54) is 95.2 Å². The van der Waals surface area contributed by atoms with Crippen molar-refractivity contribution in [2.24, 2.45) is 21.7 Å². The molecular formula is C36H51NO10. The Morgan fingerprint density at radius 1 is 0.617 bits per heavy atom. The van der Waals surface area contributed by atoms with Crippen molar-refractivity contribution in [3.63, 3.8) is 0 Å². The summed E-state index contributed by atoms with van der Waals surface area (Å²) in [4.78, 5) is 59.0. The van der Waals surface area contributed by atoms with Crippen molar-refractivity contribution in [1.29, 1.82) is 0 Å². The molecule has 260 valence electrons. The molecule has 47 heavy (non-hydrogen) atoms. The largest absolute Gasteiger partial charge is 0.398 e. The second-order valence-electron chi connectivity index (χ2n) is 16.9. The average molecular weight is 658 g/mol. The first kappa shape index (κ1) is 38.4. The summed E-state index contributed by atoms with van der Waals surface area (Å²) in [6, 6.07) is 9.24. The van der Waals surface area contributed by atoms with Crippen molar-refractivity contribution in [3.8, 4) is 0 Å². The molecule has 5 atom stereocenters. The molecular weight excluding hydrogens is 606 g/mol. The normalized spacial score (nSPS) is 30.7. The van der Waals surface area contributed by atoms with Gasteiger partial charge in [0.15, 0.2) is 28.7 Å². The number of carbonyl (C=O) groups excluding carboxylic acids is 4. The quantitative estimate of drug-likeness (QED) is 0.249. The third-order valence-corrected chi connectivity index (χ3v) is 9.08. The Hall–Kier alpha value is -3.06. The highest BCUT2D eigenvalue weighted by Gasteiger charge is 2.91. The van der Waals surface area contributed by atoms with E-state index in [-0.39, 0.29) is 5.69 Å². The number of hydrogen-bond acceptors (Lipinski definition) is 11. The van der Waals surface area contributed by atoms with Gasteiger partial charge in [-0.15, -0.1) is 0 Å². The van der Waals surface area contributed by atoms with Crippen molar-refractivity contribution >= 4 is 39.6 Å². The van der Waals surface area contributed by atoms with Crippen LogP contribution in [0.2, 0.25) is 0 Å². The van der Waals surface area contributed by atoms with Crippen molar-refractivity contribution in [3.05, 3.63) is 42.0 Å². The highest BCUT2D eigenvalue weighted by Crippen LogP contribution is 2.63. The molecule has 1 aliphatic rings. The fourth-order valence-corrected chi connectivity index (χ4v) is 6.70. The fourth-order valence-electron chi connectivity index (χ4n) is 6.70. The molecule has 1 fully saturated rings. The van der Waals surface area contributed by atoms with Gasteiger partial charge in [-0.3, -0.25) is 19.2 Å². The first-order valence-corrected chi connectivity index (χ1v) is 15.6. The van der Waals surface area contributed by atoms with Gasteiger partial charge in [0.1, 0.15) is 0 Å². The minimum atomic E-state index is -4.07. The minimum Gasteiger partial charge on any atom is -0.398 e. The van der Waals surface area contributed by atoms with Crippen LogP contribution in [0.3, 0.4) is 0 Å². The summed E-state index contributed by atoms with van der Waals surface area (Å²) in [7, 11) is 0. The van der Waals surface area contributed by atoms with Crippen LogP contribution in [-0.2, 0) is 29.7 Å². The number of carbonyl (C=O) groups is 4. The Morgan fingerprint density at radius 2 is 1.02 bits per heavy atom. The number of anilines is 1. The molecule has 1 unspecified atom stereocenters. The van der Waals surface area contributed by atoms with Crippen molar-refractivity contribution in [2.75, 3.05) is 12.3 Å². The summed E-state index contributed by atoms with van der Waals surface area (Å²) in [5.41, 5.74) is -16.3. The van der Waals surface area contributed by atoms with Crippen LogP contribution in [0.5, 0.6) is 0 Å². The van der Waals surface area contributed by atoms with Crippen molar-refractivity contribution in [1.82, 2.24) is 0 Å². The smallest absolute Gasteiger partial charge is 0.236 e. The molecule has 0 saturated carbocycles. The molecule has 11 heteroatoms. The summed E-state index contributed by atoms with van der Waals surface area (Å²) in [6.07, 6.45) is 0. The Labute approximate surface area is 276 Å². The number of rotatable bonds is 6. The summed E-state index contributed by atoms with van der Waals surface area (Å²) >= 11 is 0. The summed E-state index contributed by atoms with van der Waals surface area (Å²) < 4.78 is 6.16. The lowest BCUT2D eigenvalue weighted by atomic mass is 9.46. The van der Waals surface area contributed by atoms with Gasteiger partial charge < -0.3 is 36.0 Å². The minimum absolute atomic E-state index is 0.279. The van der Waals surface area contributed by atoms with Crippen molar-refractivity contribution in [2.45, 2.75) is 111 Å². The van der Waals surface area contributed by atoms with E-state index in [4.69, 9.17) is 10.5 Å².